The molecule has 0 amide bonds. The number of nitrogens with two attached hydrogens (primary N) is 1. The lowest BCUT2D eigenvalue weighted by Crippen LogP contribution is -2.16. The van der Waals surface area contributed by atoms with E-state index in [-0.39, 0.29) is 6.04 Å². The van der Waals surface area contributed by atoms with Crippen molar-refractivity contribution < 1.29 is 0 Å². The smallest absolute Gasteiger partial charge is 0.0797 e. The van der Waals surface area contributed by atoms with Crippen LogP contribution in [0.3, 0.4) is 0 Å². The second-order valence-corrected chi connectivity index (χ2v) is 4.19. The quantitative estimate of drug-likeness (QED) is 0.896. The number of nitrogens with zero attached hydrogens (tertiary/aromatic N) is 3. The molecule has 0 saturated heterocycles. The first kappa shape index (κ1) is 11.4. The summed E-state index contributed by atoms with van der Waals surface area (Å²) in [5, 5.41) is 8.56. The Bertz CT molecular complexity index is 509. The van der Waals surface area contributed by atoms with Crippen molar-refractivity contribution in [2.45, 2.75) is 6.04 Å². The van der Waals surface area contributed by atoms with Gasteiger partial charge in [0.1, 0.15) is 0 Å². The molecule has 0 aliphatic rings. The van der Waals surface area contributed by atoms with Crippen LogP contribution in [0.25, 0.3) is 0 Å². The van der Waals surface area contributed by atoms with E-state index in [9.17, 15) is 0 Å². The highest BCUT2D eigenvalue weighted by Crippen LogP contribution is 2.31. The van der Waals surface area contributed by atoms with Gasteiger partial charge >= 0.3 is 0 Å². The molecule has 1 aromatic heterocycles. The molecular weight excluding hydrogens is 247 g/mol. The molecule has 0 aliphatic carbocycles. The molecule has 2 N–H and O–H groups in total. The number of benzene rings is 1. The highest BCUT2D eigenvalue weighted by molar-refractivity contribution is 6.42. The van der Waals surface area contributed by atoms with E-state index >= 15 is 0 Å². The van der Waals surface area contributed by atoms with E-state index in [1.54, 1.807) is 24.0 Å². The third-order valence-corrected chi connectivity index (χ3v) is 3.22. The number of rotatable bonds is 2. The second kappa shape index (κ2) is 4.41. The van der Waals surface area contributed by atoms with E-state index in [4.69, 9.17) is 28.9 Å². The SMILES string of the molecule is Cn1nncc1C(N)c1cccc(Cl)c1Cl. The van der Waals surface area contributed by atoms with Gasteiger partial charge in [0.05, 0.1) is 28.0 Å². The van der Waals surface area contributed by atoms with Crippen LogP contribution >= 0.6 is 23.2 Å². The Hall–Kier alpha value is -1.10. The van der Waals surface area contributed by atoms with E-state index in [1.807, 2.05) is 12.1 Å². The van der Waals surface area contributed by atoms with Gasteiger partial charge in [0.25, 0.3) is 0 Å². The summed E-state index contributed by atoms with van der Waals surface area (Å²) < 4.78 is 1.61. The molecule has 1 unspecified atom stereocenters. The average molecular weight is 257 g/mol. The van der Waals surface area contributed by atoms with Crippen LogP contribution in [-0.2, 0) is 7.05 Å². The molecule has 16 heavy (non-hydrogen) atoms. The maximum absolute atomic E-state index is 6.10. The van der Waals surface area contributed by atoms with Crippen LogP contribution in [0, 0.1) is 0 Å². The maximum atomic E-state index is 6.10. The van der Waals surface area contributed by atoms with Crippen LogP contribution in [0.15, 0.2) is 24.4 Å². The minimum Gasteiger partial charge on any atom is -0.319 e. The number of hydrogen-bond donors (Lipinski definition) is 1. The summed E-state index contributed by atoms with van der Waals surface area (Å²) in [6, 6.07) is 4.99. The van der Waals surface area contributed by atoms with Crippen molar-refractivity contribution in [3.05, 3.63) is 45.7 Å². The molecule has 2 aromatic rings. The Morgan fingerprint density at radius 2 is 2.12 bits per heavy atom. The zero-order chi connectivity index (χ0) is 11.7. The molecule has 4 nitrogen and oxygen atoms in total. The molecule has 0 saturated carbocycles. The van der Waals surface area contributed by atoms with Crippen LogP contribution in [0.5, 0.6) is 0 Å². The van der Waals surface area contributed by atoms with Crippen LogP contribution in [0.1, 0.15) is 17.3 Å². The minimum atomic E-state index is -0.383. The van der Waals surface area contributed by atoms with Gasteiger partial charge in [-0.05, 0) is 11.6 Å². The summed E-state index contributed by atoms with van der Waals surface area (Å²) in [6.07, 6.45) is 1.61. The van der Waals surface area contributed by atoms with Crippen LogP contribution in [0.2, 0.25) is 10.0 Å². The van der Waals surface area contributed by atoms with Crippen LogP contribution < -0.4 is 5.73 Å². The van der Waals surface area contributed by atoms with Gasteiger partial charge in [0.2, 0.25) is 0 Å². The molecule has 6 heteroatoms. The summed E-state index contributed by atoms with van der Waals surface area (Å²) in [7, 11) is 1.78. The van der Waals surface area contributed by atoms with Crippen molar-refractivity contribution in [2.75, 3.05) is 0 Å². The van der Waals surface area contributed by atoms with Gasteiger partial charge in [-0.2, -0.15) is 0 Å². The van der Waals surface area contributed by atoms with Gasteiger partial charge in [-0.15, -0.1) is 5.10 Å². The lowest BCUT2D eigenvalue weighted by Gasteiger charge is -2.13. The van der Waals surface area contributed by atoms with E-state index in [0.717, 1.165) is 11.3 Å². The summed E-state index contributed by atoms with van der Waals surface area (Å²) in [4.78, 5) is 0. The van der Waals surface area contributed by atoms with Gasteiger partial charge in [-0.1, -0.05) is 40.5 Å². The fourth-order valence-corrected chi connectivity index (χ4v) is 1.92. The fourth-order valence-electron chi connectivity index (χ4n) is 1.50. The molecule has 1 aromatic carbocycles. The fraction of sp³-hybridized carbons (Fsp3) is 0.200. The van der Waals surface area contributed by atoms with Crippen molar-refractivity contribution in [3.8, 4) is 0 Å². The lowest BCUT2D eigenvalue weighted by atomic mass is 10.1. The first-order valence-electron chi connectivity index (χ1n) is 4.65. The van der Waals surface area contributed by atoms with E-state index in [1.165, 1.54) is 0 Å². The Labute approximate surface area is 103 Å². The van der Waals surface area contributed by atoms with E-state index < -0.39 is 0 Å². The molecule has 0 bridgehead atoms. The molecule has 84 valence electrons. The Morgan fingerprint density at radius 3 is 2.75 bits per heavy atom. The number of hydrogen-bond acceptors (Lipinski definition) is 3. The molecule has 0 spiro atoms. The van der Waals surface area contributed by atoms with Crippen molar-refractivity contribution in [1.29, 1.82) is 0 Å². The van der Waals surface area contributed by atoms with Crippen molar-refractivity contribution >= 4 is 23.2 Å². The van der Waals surface area contributed by atoms with Gasteiger partial charge < -0.3 is 5.73 Å². The molecular formula is C10H10Cl2N4. The minimum absolute atomic E-state index is 0.383. The first-order valence-corrected chi connectivity index (χ1v) is 5.41. The summed E-state index contributed by atoms with van der Waals surface area (Å²) in [5.74, 6) is 0. The maximum Gasteiger partial charge on any atom is 0.0797 e. The average Bonchev–Trinajstić information content (AvgIpc) is 2.68. The van der Waals surface area contributed by atoms with Gasteiger partial charge in [-0.25, -0.2) is 0 Å². The topological polar surface area (TPSA) is 56.7 Å². The molecule has 0 aliphatic heterocycles. The Kier molecular flexibility index (Phi) is 3.14. The summed E-state index contributed by atoms with van der Waals surface area (Å²) in [5.41, 5.74) is 7.63. The van der Waals surface area contributed by atoms with Gasteiger partial charge in [0.15, 0.2) is 0 Å². The van der Waals surface area contributed by atoms with Crippen molar-refractivity contribution in [2.24, 2.45) is 12.8 Å². The predicted octanol–water partition coefficient (Wildman–Crippen LogP) is 2.17. The van der Waals surface area contributed by atoms with Crippen LogP contribution in [-0.4, -0.2) is 15.0 Å². The standard InChI is InChI=1S/C10H10Cl2N4/c1-16-8(5-14-15-16)10(13)6-3-2-4-7(11)9(6)12/h2-5,10H,13H2,1H3. The molecule has 1 heterocycles. The normalized spacial score (nSPS) is 12.8. The monoisotopic (exact) mass is 256 g/mol. The third-order valence-electron chi connectivity index (χ3n) is 2.38. The Morgan fingerprint density at radius 1 is 1.38 bits per heavy atom. The Balaban J connectivity index is 2.46. The summed E-state index contributed by atoms with van der Waals surface area (Å²) in [6.45, 7) is 0. The second-order valence-electron chi connectivity index (χ2n) is 3.40. The van der Waals surface area contributed by atoms with Crippen molar-refractivity contribution in [1.82, 2.24) is 15.0 Å². The highest BCUT2D eigenvalue weighted by Gasteiger charge is 2.17. The van der Waals surface area contributed by atoms with E-state index in [2.05, 4.69) is 10.3 Å². The third kappa shape index (κ3) is 1.91. The molecule has 0 radical (unpaired) electrons. The number of aromatic nitrogens is 3. The zero-order valence-corrected chi connectivity index (χ0v) is 10.1. The van der Waals surface area contributed by atoms with Gasteiger partial charge in [-0.3, -0.25) is 4.68 Å². The molecule has 1 atom stereocenters. The lowest BCUT2D eigenvalue weighted by molar-refractivity contribution is 0.651. The predicted molar refractivity (Wildman–Crippen MR) is 63.5 cm³/mol. The molecule has 0 fully saturated rings. The molecule has 2 rings (SSSR count). The first-order chi connectivity index (χ1) is 7.61. The largest absolute Gasteiger partial charge is 0.319 e. The zero-order valence-electron chi connectivity index (χ0n) is 8.56. The highest BCUT2D eigenvalue weighted by atomic mass is 35.5. The summed E-state index contributed by atoms with van der Waals surface area (Å²) >= 11 is 12.0. The number of aryl methyl sites for hydroxylation is 1. The van der Waals surface area contributed by atoms with Crippen LogP contribution in [0.4, 0.5) is 0 Å². The van der Waals surface area contributed by atoms with E-state index in [0.29, 0.717) is 10.0 Å². The number of halogens is 2. The van der Waals surface area contributed by atoms with Crippen molar-refractivity contribution in [3.63, 3.8) is 0 Å². The van der Waals surface area contributed by atoms with Gasteiger partial charge in [0, 0.05) is 7.05 Å².